The Labute approximate surface area is 353 Å². The van der Waals surface area contributed by atoms with Gasteiger partial charge in [0.15, 0.2) is 0 Å². The predicted octanol–water partition coefficient (Wildman–Crippen LogP) is 15.8. The molecule has 0 fully saturated rings. The highest BCUT2D eigenvalue weighted by Crippen LogP contribution is 2.55. The van der Waals surface area contributed by atoms with Gasteiger partial charge in [0.2, 0.25) is 0 Å². The molecule has 60 heavy (non-hydrogen) atoms. The van der Waals surface area contributed by atoms with Gasteiger partial charge in [-0.2, -0.15) is 0 Å². The van der Waals surface area contributed by atoms with Gasteiger partial charge in [0, 0.05) is 28.6 Å². The molecule has 1 heteroatoms. The standard InChI is InChI=1S/C59H45N/c1-58(2)52-25-12-10-20-45(52)47-30-28-41(35-54(47)58)60(42-29-31-48-46-21-11-13-26-53(46)59(3,4)55(48)36-42)56-27-15-23-44-49-24-14-22-43(37-16-6-5-7-17-37)57(49)50-33-39-19-9-8-18-38(39)32-40(50)34-51(44)56/h5-33,35-36H,34H2,1-4H3. The monoisotopic (exact) mass is 767 g/mol. The quantitative estimate of drug-likeness (QED) is 0.172. The van der Waals surface area contributed by atoms with E-state index in [1.54, 1.807) is 0 Å². The van der Waals surface area contributed by atoms with Crippen LogP contribution in [0.2, 0.25) is 0 Å². The molecule has 3 aliphatic rings. The maximum absolute atomic E-state index is 2.57. The van der Waals surface area contributed by atoms with Crippen molar-refractivity contribution < 1.29 is 0 Å². The molecule has 0 aromatic heterocycles. The van der Waals surface area contributed by atoms with Crippen molar-refractivity contribution in [2.75, 3.05) is 4.90 Å². The molecular weight excluding hydrogens is 723 g/mol. The summed E-state index contributed by atoms with van der Waals surface area (Å²) in [5.41, 5.74) is 24.6. The van der Waals surface area contributed by atoms with Crippen molar-refractivity contribution in [2.45, 2.75) is 44.9 Å². The molecule has 0 unspecified atom stereocenters. The van der Waals surface area contributed by atoms with E-state index in [0.717, 1.165) is 6.42 Å². The largest absolute Gasteiger partial charge is 0.310 e. The van der Waals surface area contributed by atoms with Crippen molar-refractivity contribution in [3.05, 3.63) is 221 Å². The third kappa shape index (κ3) is 4.99. The van der Waals surface area contributed by atoms with Crippen molar-refractivity contribution in [2.24, 2.45) is 0 Å². The Bertz CT molecular complexity index is 3130. The first kappa shape index (κ1) is 35.0. The van der Waals surface area contributed by atoms with Crippen LogP contribution in [0.3, 0.4) is 0 Å². The molecule has 0 spiro atoms. The van der Waals surface area contributed by atoms with Gasteiger partial charge >= 0.3 is 0 Å². The van der Waals surface area contributed by atoms with E-state index < -0.39 is 0 Å². The van der Waals surface area contributed by atoms with Crippen LogP contribution in [0.5, 0.6) is 0 Å². The Hall–Kier alpha value is -6.96. The summed E-state index contributed by atoms with van der Waals surface area (Å²) in [6.07, 6.45) is 0.800. The zero-order valence-corrected chi connectivity index (χ0v) is 34.6. The van der Waals surface area contributed by atoms with Crippen LogP contribution in [0.15, 0.2) is 188 Å². The van der Waals surface area contributed by atoms with Crippen LogP contribution in [-0.2, 0) is 17.3 Å². The third-order valence-corrected chi connectivity index (χ3v) is 14.1. The van der Waals surface area contributed by atoms with Gasteiger partial charge in [0.25, 0.3) is 0 Å². The number of hydrogen-bond donors (Lipinski definition) is 0. The summed E-state index contributed by atoms with van der Waals surface area (Å²) in [5, 5.41) is 2.54. The van der Waals surface area contributed by atoms with Crippen molar-refractivity contribution in [3.63, 3.8) is 0 Å². The lowest BCUT2D eigenvalue weighted by Crippen LogP contribution is -2.18. The maximum atomic E-state index is 2.57. The molecule has 3 aliphatic carbocycles. The maximum Gasteiger partial charge on any atom is 0.0503 e. The number of rotatable bonds is 4. The van der Waals surface area contributed by atoms with Crippen molar-refractivity contribution in [1.82, 2.24) is 0 Å². The lowest BCUT2D eigenvalue weighted by molar-refractivity contribution is 0.660. The lowest BCUT2D eigenvalue weighted by Gasteiger charge is -2.31. The molecule has 0 amide bonds. The fourth-order valence-corrected chi connectivity index (χ4v) is 11.1. The first-order valence-corrected chi connectivity index (χ1v) is 21.4. The molecule has 12 rings (SSSR count). The Kier molecular flexibility index (Phi) is 7.45. The topological polar surface area (TPSA) is 3.24 Å². The van der Waals surface area contributed by atoms with Gasteiger partial charge in [-0.05, 0) is 136 Å². The molecule has 0 bridgehead atoms. The zero-order chi connectivity index (χ0) is 40.3. The summed E-state index contributed by atoms with van der Waals surface area (Å²) in [6, 6.07) is 71.0. The molecule has 0 aliphatic heterocycles. The Morgan fingerprint density at radius 2 is 0.867 bits per heavy atom. The molecule has 1 nitrogen and oxygen atoms in total. The Morgan fingerprint density at radius 3 is 1.52 bits per heavy atom. The van der Waals surface area contributed by atoms with Crippen LogP contribution < -0.4 is 4.90 Å². The van der Waals surface area contributed by atoms with Crippen molar-refractivity contribution in [1.29, 1.82) is 0 Å². The van der Waals surface area contributed by atoms with Crippen molar-refractivity contribution >= 4 is 27.8 Å². The van der Waals surface area contributed by atoms with E-state index in [2.05, 4.69) is 221 Å². The molecular formula is C59H45N. The summed E-state index contributed by atoms with van der Waals surface area (Å²) in [4.78, 5) is 2.57. The molecule has 0 saturated heterocycles. The third-order valence-electron chi connectivity index (χ3n) is 14.1. The minimum Gasteiger partial charge on any atom is -0.310 e. The molecule has 286 valence electrons. The second kappa shape index (κ2) is 12.8. The smallest absolute Gasteiger partial charge is 0.0503 e. The molecule has 9 aromatic carbocycles. The van der Waals surface area contributed by atoms with Crippen LogP contribution >= 0.6 is 0 Å². The van der Waals surface area contributed by atoms with E-state index in [0.29, 0.717) is 0 Å². The second-order valence-corrected chi connectivity index (χ2v) is 18.1. The molecule has 0 heterocycles. The first-order valence-electron chi connectivity index (χ1n) is 21.4. The van der Waals surface area contributed by atoms with Gasteiger partial charge in [0.1, 0.15) is 0 Å². The molecule has 0 saturated carbocycles. The second-order valence-electron chi connectivity index (χ2n) is 18.1. The van der Waals surface area contributed by atoms with Gasteiger partial charge in [-0.15, -0.1) is 0 Å². The van der Waals surface area contributed by atoms with Gasteiger partial charge in [0.05, 0.1) is 5.69 Å². The predicted molar refractivity (Wildman–Crippen MR) is 253 cm³/mol. The highest BCUT2D eigenvalue weighted by molar-refractivity contribution is 6.02. The first-order chi connectivity index (χ1) is 29.3. The lowest BCUT2D eigenvalue weighted by atomic mass is 9.82. The summed E-state index contributed by atoms with van der Waals surface area (Å²) < 4.78 is 0. The number of anilines is 3. The van der Waals surface area contributed by atoms with Gasteiger partial charge in [-0.3, -0.25) is 0 Å². The van der Waals surface area contributed by atoms with Gasteiger partial charge < -0.3 is 4.90 Å². The summed E-state index contributed by atoms with van der Waals surface area (Å²) in [6.45, 7) is 9.55. The molecule has 0 N–H and O–H groups in total. The average Bonchev–Trinajstić information content (AvgIpc) is 3.58. The van der Waals surface area contributed by atoms with E-state index in [-0.39, 0.29) is 10.8 Å². The fraction of sp³-hybridized carbons (Fsp3) is 0.119. The molecule has 0 radical (unpaired) electrons. The fourth-order valence-electron chi connectivity index (χ4n) is 11.1. The summed E-state index contributed by atoms with van der Waals surface area (Å²) in [7, 11) is 0. The highest BCUT2D eigenvalue weighted by Gasteiger charge is 2.38. The van der Waals surface area contributed by atoms with Gasteiger partial charge in [-0.25, -0.2) is 0 Å². The van der Waals surface area contributed by atoms with E-state index in [9.17, 15) is 0 Å². The SMILES string of the molecule is CC1(C)c2ccccc2-c2ccc(N(c3ccc4c(c3)C(C)(C)c3ccccc3-4)c3cccc4c3Cc3cc5ccccc5cc3-c3c(-c5ccccc5)cccc3-4)cc21. The van der Waals surface area contributed by atoms with Crippen molar-refractivity contribution in [3.8, 4) is 55.6 Å². The van der Waals surface area contributed by atoms with E-state index in [4.69, 9.17) is 0 Å². The number of benzene rings is 9. The Morgan fingerprint density at radius 1 is 0.367 bits per heavy atom. The average molecular weight is 768 g/mol. The van der Waals surface area contributed by atoms with Crippen LogP contribution in [0, 0.1) is 0 Å². The number of nitrogens with zero attached hydrogens (tertiary/aromatic N) is 1. The normalized spacial score (nSPS) is 14.5. The van der Waals surface area contributed by atoms with Crippen LogP contribution in [0.1, 0.15) is 61.1 Å². The summed E-state index contributed by atoms with van der Waals surface area (Å²) in [5.74, 6) is 0. The van der Waals surface area contributed by atoms with Crippen LogP contribution in [0.25, 0.3) is 66.4 Å². The van der Waals surface area contributed by atoms with Gasteiger partial charge in [-0.1, -0.05) is 179 Å². The minimum absolute atomic E-state index is 0.129. The number of hydrogen-bond acceptors (Lipinski definition) is 1. The molecule has 0 atom stereocenters. The highest BCUT2D eigenvalue weighted by atomic mass is 15.1. The zero-order valence-electron chi connectivity index (χ0n) is 34.6. The van der Waals surface area contributed by atoms with E-state index in [1.165, 1.54) is 117 Å². The molecule has 9 aromatic rings. The van der Waals surface area contributed by atoms with E-state index in [1.807, 2.05) is 0 Å². The minimum atomic E-state index is -0.129. The van der Waals surface area contributed by atoms with Crippen LogP contribution in [0.4, 0.5) is 17.1 Å². The van der Waals surface area contributed by atoms with Crippen LogP contribution in [-0.4, -0.2) is 0 Å². The van der Waals surface area contributed by atoms with E-state index >= 15 is 0 Å². The summed E-state index contributed by atoms with van der Waals surface area (Å²) >= 11 is 0. The Balaban J connectivity index is 1.14. The number of fused-ring (bicyclic) bond motifs is 12.